The van der Waals surface area contributed by atoms with Crippen LogP contribution in [0.1, 0.15) is 6.92 Å². The number of carbonyl (C=O) groups is 2. The number of amides is 1. The van der Waals surface area contributed by atoms with Crippen LogP contribution in [-0.4, -0.2) is 23.5 Å². The third-order valence-corrected chi connectivity index (χ3v) is 6.85. The molecule has 0 radical (unpaired) electrons. The SMILES string of the molecule is CC(=O)NCC12C3C4C1C1C2C3C41C(=O)O. The molecule has 0 unspecified atom stereocenters. The van der Waals surface area contributed by atoms with E-state index in [0.29, 0.717) is 40.9 Å². The van der Waals surface area contributed by atoms with Crippen molar-refractivity contribution in [3.05, 3.63) is 0 Å². The summed E-state index contributed by atoms with van der Waals surface area (Å²) in [5.41, 5.74) is 0.0981. The zero-order valence-electron chi connectivity index (χ0n) is 8.93. The largest absolute Gasteiger partial charge is 0.481 e. The number of carboxylic acids is 1. The minimum atomic E-state index is -0.538. The van der Waals surface area contributed by atoms with Crippen LogP contribution in [0.4, 0.5) is 0 Å². The standard InChI is InChI=1S/C12H13NO3/c1-3(14)13-2-11-4-7-5(11)9-6(11)8(4)12(7,9)10(15)16/h4-9H,2H2,1H3,(H,13,14)(H,15,16). The van der Waals surface area contributed by atoms with Crippen molar-refractivity contribution in [1.82, 2.24) is 5.32 Å². The summed E-state index contributed by atoms with van der Waals surface area (Å²) in [5, 5.41) is 12.2. The second-order valence-electron chi connectivity index (χ2n) is 6.41. The lowest BCUT2D eigenvalue weighted by molar-refractivity contribution is -0.640. The van der Waals surface area contributed by atoms with E-state index in [9.17, 15) is 14.7 Å². The van der Waals surface area contributed by atoms with Gasteiger partial charge in [-0.05, 0) is 40.9 Å². The molecule has 16 heavy (non-hydrogen) atoms. The summed E-state index contributed by atoms with van der Waals surface area (Å²) in [5.74, 6) is 2.91. The van der Waals surface area contributed by atoms with Crippen molar-refractivity contribution < 1.29 is 14.7 Å². The summed E-state index contributed by atoms with van der Waals surface area (Å²) in [4.78, 5) is 22.2. The van der Waals surface area contributed by atoms with Gasteiger partial charge in [0.05, 0.1) is 5.41 Å². The molecule has 6 aliphatic carbocycles. The molecule has 0 atom stereocenters. The van der Waals surface area contributed by atoms with Crippen molar-refractivity contribution in [1.29, 1.82) is 0 Å². The van der Waals surface area contributed by atoms with E-state index in [2.05, 4.69) is 5.32 Å². The van der Waals surface area contributed by atoms with Crippen molar-refractivity contribution in [3.8, 4) is 0 Å². The van der Waals surface area contributed by atoms with Crippen LogP contribution in [0.3, 0.4) is 0 Å². The Morgan fingerprint density at radius 3 is 2.00 bits per heavy atom. The molecule has 0 saturated heterocycles. The van der Waals surface area contributed by atoms with E-state index in [-0.39, 0.29) is 11.3 Å². The Bertz CT molecular complexity index is 429. The molecule has 0 aromatic heterocycles. The van der Waals surface area contributed by atoms with E-state index in [1.165, 1.54) is 0 Å². The molecule has 0 aliphatic heterocycles. The highest BCUT2D eigenvalue weighted by Crippen LogP contribution is 3.10. The van der Waals surface area contributed by atoms with Gasteiger partial charge in [-0.3, -0.25) is 9.59 Å². The smallest absolute Gasteiger partial charge is 0.310 e. The van der Waals surface area contributed by atoms with Gasteiger partial charge in [0.1, 0.15) is 0 Å². The normalized spacial score (nSPS) is 68.6. The van der Waals surface area contributed by atoms with E-state index in [1.54, 1.807) is 6.92 Å². The molecule has 6 fully saturated rings. The number of hydrogen-bond donors (Lipinski definition) is 2. The number of aliphatic carboxylic acids is 1. The molecule has 4 nitrogen and oxygen atoms in total. The van der Waals surface area contributed by atoms with Crippen LogP contribution in [0.2, 0.25) is 0 Å². The van der Waals surface area contributed by atoms with Gasteiger partial charge in [0.15, 0.2) is 0 Å². The number of nitrogens with one attached hydrogen (secondary N) is 1. The van der Waals surface area contributed by atoms with Gasteiger partial charge in [-0.1, -0.05) is 0 Å². The molecule has 0 spiro atoms. The Hall–Kier alpha value is -1.06. The first-order chi connectivity index (χ1) is 7.59. The van der Waals surface area contributed by atoms with Gasteiger partial charge in [-0.25, -0.2) is 0 Å². The van der Waals surface area contributed by atoms with E-state index < -0.39 is 5.97 Å². The predicted molar refractivity (Wildman–Crippen MR) is 52.1 cm³/mol. The molecule has 6 rings (SSSR count). The van der Waals surface area contributed by atoms with E-state index in [1.807, 2.05) is 0 Å². The highest BCUT2D eigenvalue weighted by Gasteiger charge is 3.11. The lowest BCUT2D eigenvalue weighted by Crippen LogP contribution is -3.11. The van der Waals surface area contributed by atoms with Crippen LogP contribution in [-0.2, 0) is 9.59 Å². The Kier molecular flexibility index (Phi) is 0.865. The lowest BCUT2D eigenvalue weighted by Gasteiger charge is -3.10. The summed E-state index contributed by atoms with van der Waals surface area (Å²) < 4.78 is 0. The van der Waals surface area contributed by atoms with Crippen LogP contribution in [0.15, 0.2) is 0 Å². The van der Waals surface area contributed by atoms with Crippen LogP contribution >= 0.6 is 0 Å². The topological polar surface area (TPSA) is 66.4 Å². The van der Waals surface area contributed by atoms with Crippen LogP contribution < -0.4 is 5.32 Å². The number of carboxylic acid groups (broad SMARTS) is 1. The molecule has 0 heterocycles. The van der Waals surface area contributed by atoms with Crippen molar-refractivity contribution in [3.63, 3.8) is 0 Å². The Labute approximate surface area is 92.4 Å². The Morgan fingerprint density at radius 1 is 1.12 bits per heavy atom. The molecule has 0 aromatic rings. The third-order valence-electron chi connectivity index (χ3n) is 6.85. The molecule has 0 aromatic carbocycles. The molecule has 4 heteroatoms. The highest BCUT2D eigenvalue weighted by molar-refractivity contribution is 5.87. The number of hydrogen-bond acceptors (Lipinski definition) is 2. The average Bonchev–Trinajstić information content (AvgIpc) is 2.25. The lowest BCUT2D eigenvalue weighted by atomic mass is 8.92. The van der Waals surface area contributed by atoms with Gasteiger partial charge >= 0.3 is 5.97 Å². The van der Waals surface area contributed by atoms with Gasteiger partial charge in [0.25, 0.3) is 0 Å². The average molecular weight is 219 g/mol. The van der Waals surface area contributed by atoms with Gasteiger partial charge in [0, 0.05) is 13.5 Å². The fourth-order valence-electron chi connectivity index (χ4n) is 6.81. The number of carbonyl (C=O) groups excluding carboxylic acids is 1. The highest BCUT2D eigenvalue weighted by atomic mass is 16.4. The monoisotopic (exact) mass is 219 g/mol. The molecule has 6 saturated carbocycles. The van der Waals surface area contributed by atoms with Gasteiger partial charge in [-0.2, -0.15) is 0 Å². The Morgan fingerprint density at radius 2 is 1.62 bits per heavy atom. The second-order valence-corrected chi connectivity index (χ2v) is 6.41. The quantitative estimate of drug-likeness (QED) is 0.699. The summed E-state index contributed by atoms with van der Waals surface area (Å²) in [6, 6.07) is 0. The zero-order valence-corrected chi connectivity index (χ0v) is 8.93. The van der Waals surface area contributed by atoms with Gasteiger partial charge in [0.2, 0.25) is 5.91 Å². The van der Waals surface area contributed by atoms with E-state index >= 15 is 0 Å². The van der Waals surface area contributed by atoms with Crippen LogP contribution in [0, 0.1) is 46.3 Å². The molecule has 0 bridgehead atoms. The fourth-order valence-corrected chi connectivity index (χ4v) is 6.81. The van der Waals surface area contributed by atoms with E-state index in [4.69, 9.17) is 0 Å². The summed E-state index contributed by atoms with van der Waals surface area (Å²) >= 11 is 0. The molecule has 1 amide bonds. The van der Waals surface area contributed by atoms with Crippen molar-refractivity contribution in [2.75, 3.05) is 6.54 Å². The first kappa shape index (κ1) is 8.09. The van der Waals surface area contributed by atoms with Gasteiger partial charge < -0.3 is 10.4 Å². The van der Waals surface area contributed by atoms with Gasteiger partial charge in [-0.15, -0.1) is 0 Å². The molecule has 84 valence electrons. The van der Waals surface area contributed by atoms with E-state index in [0.717, 1.165) is 6.54 Å². The maximum Gasteiger partial charge on any atom is 0.310 e. The molecular weight excluding hydrogens is 206 g/mol. The first-order valence-corrected chi connectivity index (χ1v) is 6.07. The maximum absolute atomic E-state index is 11.3. The molecular formula is C12H13NO3. The molecule has 6 aliphatic rings. The van der Waals surface area contributed by atoms with Crippen molar-refractivity contribution in [2.45, 2.75) is 6.92 Å². The summed E-state index contributed by atoms with van der Waals surface area (Å²) in [6.07, 6.45) is 0. The maximum atomic E-state index is 11.3. The first-order valence-electron chi connectivity index (χ1n) is 6.07. The molecule has 2 N–H and O–H groups in total. The van der Waals surface area contributed by atoms with Crippen molar-refractivity contribution in [2.24, 2.45) is 46.3 Å². The zero-order chi connectivity index (χ0) is 11.0. The fraction of sp³-hybridized carbons (Fsp3) is 0.833. The predicted octanol–water partition coefficient (Wildman–Crippen LogP) is -0.0549. The summed E-state index contributed by atoms with van der Waals surface area (Å²) in [7, 11) is 0. The minimum Gasteiger partial charge on any atom is -0.481 e. The minimum absolute atomic E-state index is 0.0432. The second kappa shape index (κ2) is 1.71. The van der Waals surface area contributed by atoms with Crippen LogP contribution in [0.5, 0.6) is 0 Å². The van der Waals surface area contributed by atoms with Crippen molar-refractivity contribution >= 4 is 11.9 Å². The van der Waals surface area contributed by atoms with Crippen LogP contribution in [0.25, 0.3) is 0 Å². The Balaban J connectivity index is 1.44. The summed E-state index contributed by atoms with van der Waals surface area (Å²) in [6.45, 7) is 2.36. The number of rotatable bonds is 3. The third kappa shape index (κ3) is 0.367.